The Balaban J connectivity index is 4.40. The number of carbonyl (C=O) groups is 3. The summed E-state index contributed by atoms with van der Waals surface area (Å²) in [7, 11) is 1.26. The third-order valence-corrected chi connectivity index (χ3v) is 1.68. The number of aliphatic hydroxyl groups excluding tert-OH is 1. The fourth-order valence-corrected chi connectivity index (χ4v) is 0.869. The molecule has 3 N–H and O–H groups in total. The summed E-state index contributed by atoms with van der Waals surface area (Å²) in [6.45, 7) is -0.367. The van der Waals surface area contributed by atoms with Crippen LogP contribution in [0, 0.1) is 5.92 Å². The number of hydrogen-bond acceptors (Lipinski definition) is 6. The van der Waals surface area contributed by atoms with Gasteiger partial charge in [0.05, 0.1) is 6.42 Å². The quantitative estimate of drug-likeness (QED) is 0.366. The smallest absolute Gasteiger partial charge is 0.333 e. The van der Waals surface area contributed by atoms with Gasteiger partial charge in [-0.25, -0.2) is 4.79 Å². The van der Waals surface area contributed by atoms with Crippen LogP contribution in [-0.4, -0.2) is 53.2 Å². The number of ether oxygens (including phenoxy) is 2. The average Bonchev–Trinajstić information content (AvgIpc) is 2.21. The molecule has 0 heterocycles. The van der Waals surface area contributed by atoms with Crippen LogP contribution in [0.1, 0.15) is 6.42 Å². The van der Waals surface area contributed by atoms with Crippen LogP contribution in [0.15, 0.2) is 0 Å². The van der Waals surface area contributed by atoms with Crippen molar-refractivity contribution in [3.63, 3.8) is 0 Å². The summed E-state index contributed by atoms with van der Waals surface area (Å²) >= 11 is 0. The van der Waals surface area contributed by atoms with Crippen molar-refractivity contribution in [1.82, 2.24) is 0 Å². The van der Waals surface area contributed by atoms with Crippen molar-refractivity contribution < 1.29 is 39.2 Å². The van der Waals surface area contributed by atoms with Gasteiger partial charge < -0.3 is 24.8 Å². The Morgan fingerprint density at radius 2 is 1.75 bits per heavy atom. The van der Waals surface area contributed by atoms with Gasteiger partial charge in [0.15, 0.2) is 12.9 Å². The van der Waals surface area contributed by atoms with Crippen LogP contribution in [0.3, 0.4) is 0 Å². The summed E-state index contributed by atoms with van der Waals surface area (Å²) in [5.41, 5.74) is 0. The van der Waals surface area contributed by atoms with Gasteiger partial charge in [0.1, 0.15) is 5.92 Å². The molecule has 2 unspecified atom stereocenters. The lowest BCUT2D eigenvalue weighted by Gasteiger charge is -2.14. The van der Waals surface area contributed by atoms with E-state index in [9.17, 15) is 14.4 Å². The molecule has 0 radical (unpaired) electrons. The van der Waals surface area contributed by atoms with Crippen molar-refractivity contribution in [3.05, 3.63) is 0 Å². The van der Waals surface area contributed by atoms with E-state index in [1.807, 2.05) is 0 Å². The zero-order valence-corrected chi connectivity index (χ0v) is 8.45. The summed E-state index contributed by atoms with van der Waals surface area (Å²) in [5, 5.41) is 26.0. The SMILES string of the molecule is COCOC(=O)CC(C(=O)O)C(O)C(=O)O. The van der Waals surface area contributed by atoms with Gasteiger partial charge in [0, 0.05) is 7.11 Å². The summed E-state index contributed by atoms with van der Waals surface area (Å²) < 4.78 is 8.77. The van der Waals surface area contributed by atoms with Crippen molar-refractivity contribution in [2.24, 2.45) is 5.92 Å². The highest BCUT2D eigenvalue weighted by molar-refractivity contribution is 5.85. The van der Waals surface area contributed by atoms with Crippen molar-refractivity contribution in [2.45, 2.75) is 12.5 Å². The first kappa shape index (κ1) is 14.3. The lowest BCUT2D eigenvalue weighted by Crippen LogP contribution is -2.36. The number of aliphatic hydroxyl groups is 1. The average molecular weight is 236 g/mol. The molecule has 0 rings (SSSR count). The normalized spacial score (nSPS) is 13.9. The van der Waals surface area contributed by atoms with E-state index in [1.165, 1.54) is 7.11 Å². The van der Waals surface area contributed by atoms with Crippen LogP contribution in [-0.2, 0) is 23.9 Å². The third-order valence-electron chi connectivity index (χ3n) is 1.68. The predicted octanol–water partition coefficient (Wildman–Crippen LogP) is -1.33. The van der Waals surface area contributed by atoms with Gasteiger partial charge in [0.2, 0.25) is 0 Å². The molecule has 92 valence electrons. The predicted molar refractivity (Wildman–Crippen MR) is 47.4 cm³/mol. The molecule has 0 aliphatic carbocycles. The van der Waals surface area contributed by atoms with E-state index in [0.29, 0.717) is 0 Å². The molecule has 0 aliphatic rings. The van der Waals surface area contributed by atoms with Crippen molar-refractivity contribution in [3.8, 4) is 0 Å². The molecular formula is C8H12O8. The van der Waals surface area contributed by atoms with E-state index in [-0.39, 0.29) is 6.79 Å². The Morgan fingerprint density at radius 1 is 1.19 bits per heavy atom. The second-order valence-corrected chi connectivity index (χ2v) is 2.85. The van der Waals surface area contributed by atoms with E-state index < -0.39 is 36.4 Å². The van der Waals surface area contributed by atoms with Crippen molar-refractivity contribution >= 4 is 17.9 Å². The Hall–Kier alpha value is -1.67. The van der Waals surface area contributed by atoms with Gasteiger partial charge in [-0.15, -0.1) is 0 Å². The summed E-state index contributed by atoms with van der Waals surface area (Å²) in [4.78, 5) is 31.9. The first-order valence-electron chi connectivity index (χ1n) is 4.18. The number of hydrogen-bond donors (Lipinski definition) is 3. The van der Waals surface area contributed by atoms with Gasteiger partial charge in [-0.3, -0.25) is 9.59 Å². The number of esters is 1. The molecular weight excluding hydrogens is 224 g/mol. The Kier molecular flexibility index (Phi) is 6.04. The van der Waals surface area contributed by atoms with Crippen LogP contribution in [0.2, 0.25) is 0 Å². The summed E-state index contributed by atoms with van der Waals surface area (Å²) in [6, 6.07) is 0. The van der Waals surface area contributed by atoms with Gasteiger partial charge in [-0.2, -0.15) is 0 Å². The highest BCUT2D eigenvalue weighted by Crippen LogP contribution is 2.11. The van der Waals surface area contributed by atoms with Crippen LogP contribution in [0.5, 0.6) is 0 Å². The lowest BCUT2D eigenvalue weighted by molar-refractivity contribution is -0.166. The van der Waals surface area contributed by atoms with Crippen LogP contribution in [0.4, 0.5) is 0 Å². The standard InChI is InChI=1S/C8H12O8/c1-15-3-16-5(9)2-4(7(11)12)6(10)8(13)14/h4,6,10H,2-3H2,1H3,(H,11,12)(H,13,14). The molecule has 0 bridgehead atoms. The van der Waals surface area contributed by atoms with E-state index in [1.54, 1.807) is 0 Å². The van der Waals surface area contributed by atoms with Crippen molar-refractivity contribution in [1.29, 1.82) is 0 Å². The molecule has 0 aromatic heterocycles. The van der Waals surface area contributed by atoms with Gasteiger partial charge in [-0.05, 0) is 0 Å². The summed E-state index contributed by atoms with van der Waals surface area (Å²) in [6.07, 6.45) is -2.90. The molecule has 0 aromatic rings. The zero-order valence-electron chi connectivity index (χ0n) is 8.45. The first-order chi connectivity index (χ1) is 7.40. The minimum absolute atomic E-state index is 0.367. The minimum Gasteiger partial charge on any atom is -0.481 e. The fraction of sp³-hybridized carbons (Fsp3) is 0.625. The van der Waals surface area contributed by atoms with E-state index in [4.69, 9.17) is 15.3 Å². The molecule has 8 nitrogen and oxygen atoms in total. The number of carboxylic acids is 2. The number of aliphatic carboxylic acids is 2. The number of methoxy groups -OCH3 is 1. The highest BCUT2D eigenvalue weighted by Gasteiger charge is 2.34. The minimum atomic E-state index is -2.16. The molecule has 16 heavy (non-hydrogen) atoms. The van der Waals surface area contributed by atoms with Gasteiger partial charge in [0.25, 0.3) is 0 Å². The molecule has 0 fully saturated rings. The maximum Gasteiger partial charge on any atom is 0.333 e. The second-order valence-electron chi connectivity index (χ2n) is 2.85. The second kappa shape index (κ2) is 6.75. The van der Waals surface area contributed by atoms with Crippen LogP contribution < -0.4 is 0 Å². The van der Waals surface area contributed by atoms with E-state index in [2.05, 4.69) is 9.47 Å². The maximum atomic E-state index is 11.0. The molecule has 2 atom stereocenters. The molecule has 0 saturated carbocycles. The summed E-state index contributed by atoms with van der Waals surface area (Å²) in [5.74, 6) is -6.02. The molecule has 8 heteroatoms. The monoisotopic (exact) mass is 236 g/mol. The van der Waals surface area contributed by atoms with Crippen LogP contribution >= 0.6 is 0 Å². The van der Waals surface area contributed by atoms with Crippen molar-refractivity contribution in [2.75, 3.05) is 13.9 Å². The van der Waals surface area contributed by atoms with Gasteiger partial charge >= 0.3 is 17.9 Å². The van der Waals surface area contributed by atoms with E-state index in [0.717, 1.165) is 0 Å². The molecule has 0 aromatic carbocycles. The van der Waals surface area contributed by atoms with Gasteiger partial charge in [-0.1, -0.05) is 0 Å². The lowest BCUT2D eigenvalue weighted by atomic mass is 9.99. The number of carboxylic acid groups (broad SMARTS) is 2. The van der Waals surface area contributed by atoms with E-state index >= 15 is 0 Å². The Morgan fingerprint density at radius 3 is 2.12 bits per heavy atom. The maximum absolute atomic E-state index is 11.0. The number of carbonyl (C=O) groups excluding carboxylic acids is 1. The molecule has 0 spiro atoms. The highest BCUT2D eigenvalue weighted by atomic mass is 16.7. The van der Waals surface area contributed by atoms with Crippen LogP contribution in [0.25, 0.3) is 0 Å². The number of rotatable bonds is 7. The zero-order chi connectivity index (χ0) is 12.7. The Bertz CT molecular complexity index is 273. The molecule has 0 saturated heterocycles. The molecule has 0 amide bonds. The third kappa shape index (κ3) is 4.71. The first-order valence-corrected chi connectivity index (χ1v) is 4.18. The fourth-order valence-electron chi connectivity index (χ4n) is 0.869. The topological polar surface area (TPSA) is 130 Å². The Labute approximate surface area is 90.4 Å². The largest absolute Gasteiger partial charge is 0.481 e. The molecule has 0 aliphatic heterocycles.